The van der Waals surface area contributed by atoms with Gasteiger partial charge in [-0.2, -0.15) is 0 Å². The van der Waals surface area contributed by atoms with E-state index in [0.717, 1.165) is 0 Å². The van der Waals surface area contributed by atoms with Crippen molar-refractivity contribution in [1.82, 2.24) is 58.1 Å². The number of nitrogens with one attached hydrogen (secondary N) is 11. The van der Waals surface area contributed by atoms with Gasteiger partial charge in [0.2, 0.25) is 53.2 Å². The predicted molar refractivity (Wildman–Crippen MR) is 312 cm³/mol. The molecule has 0 aromatic heterocycles. The molecule has 0 aromatic carbocycles. The van der Waals surface area contributed by atoms with Crippen LogP contribution in [0.2, 0.25) is 0 Å². The Kier molecular flexibility index (Phi) is 38.6. The van der Waals surface area contributed by atoms with Crippen molar-refractivity contribution in [3.05, 3.63) is 11.8 Å². The van der Waals surface area contributed by atoms with Crippen LogP contribution < -0.4 is 105 Å². The fraction of sp³-hybridized carbons (Fsp3) is 0.745. The Balaban J connectivity index is 3.25. The van der Waals surface area contributed by atoms with Gasteiger partial charge in [-0.05, 0) is 136 Å². The van der Waals surface area contributed by atoms with Crippen molar-refractivity contribution in [2.24, 2.45) is 51.6 Å². The summed E-state index contributed by atoms with van der Waals surface area (Å²) in [6, 6.07) is -10.6. The molecule has 33 nitrogen and oxygen atoms in total. The van der Waals surface area contributed by atoms with Crippen molar-refractivity contribution < 1.29 is 58.2 Å². The first kappa shape index (κ1) is 75.3. The van der Waals surface area contributed by atoms with Crippen LogP contribution in [0.1, 0.15) is 110 Å². The van der Waals surface area contributed by atoms with Gasteiger partial charge < -0.3 is 120 Å². The lowest BCUT2D eigenvalue weighted by Gasteiger charge is -2.30. The van der Waals surface area contributed by atoms with E-state index in [0.29, 0.717) is 84.0 Å². The zero-order valence-corrected chi connectivity index (χ0v) is 48.6. The average Bonchev–Trinajstić information content (AvgIpc) is 4.18. The highest BCUT2D eigenvalue weighted by atomic mass is 16.3. The van der Waals surface area contributed by atoms with Crippen molar-refractivity contribution in [3.8, 4) is 0 Å². The van der Waals surface area contributed by atoms with Crippen LogP contribution in [0.15, 0.2) is 11.8 Å². The molecule has 1 aliphatic heterocycles. The van der Waals surface area contributed by atoms with Crippen molar-refractivity contribution >= 4 is 65.0 Å². The molecule has 1 aliphatic rings. The standard InChI is InChI=1S/C51H99N21O12/c1-30(42(76)67-33(15-4-7-21-54)45(79)69-34(17-11-25-63-51(60)61)46(80)68-32(14-3-6-20-53)44(78)62-24-9-8-22-55)65-47(81)36-18-12-26-72(36)50(84)35(16-10-23-56)66-39(75)29-64-48(82)40(37(73)27-57)71-49(83)41(38(74)28-58)70-43(77)31(59)13-2-5-19-52/h17,30-33,35-38,40-41,73-74H,2-16,18-29,52-59H2,1H3,(H,62,78)(H,64,82)(H,65,81)(H,66,75)(H,67,76)(H,68,80)(H,69,79)(H,70,77)(H,71,83)(H4,60,61,63)/b34-17-/t30?,31?,32-,33-,35+,36-,37-,38-,40-,41-/m0/s1. The molecule has 1 heterocycles. The highest BCUT2D eigenvalue weighted by Crippen LogP contribution is 2.20. The smallest absolute Gasteiger partial charge is 0.268 e. The maximum atomic E-state index is 14.2. The number of aliphatic hydroxyl groups is 2. The summed E-state index contributed by atoms with van der Waals surface area (Å²) in [6.45, 7) is 1.51. The molecule has 0 bridgehead atoms. The first-order chi connectivity index (χ1) is 40.0. The van der Waals surface area contributed by atoms with Gasteiger partial charge in [-0.3, -0.25) is 53.4 Å². The average molecular weight is 1200 g/mol. The van der Waals surface area contributed by atoms with E-state index in [9.17, 15) is 58.2 Å². The maximum Gasteiger partial charge on any atom is 0.268 e. The second kappa shape index (κ2) is 43.0. The molecule has 33 heteroatoms. The van der Waals surface area contributed by atoms with Crippen LogP contribution in [0.25, 0.3) is 0 Å². The molecule has 10 atom stereocenters. The zero-order chi connectivity index (χ0) is 63.1. The first-order valence-corrected chi connectivity index (χ1v) is 28.8. The third-order valence-corrected chi connectivity index (χ3v) is 13.5. The van der Waals surface area contributed by atoms with Gasteiger partial charge in [0, 0.05) is 32.7 Å². The third kappa shape index (κ3) is 28.7. The SMILES string of the molecule is CC(NC(=O)[C@@H]1CCCN1C(=O)[C@@H](CCCN)NC(=O)CNC(=O)[C@@H](NC(=O)[C@@H](NC(=O)C(N)CCCCN)[C@@H](O)CN)[C@@H](O)CN)C(=O)N[C@@H](CCCCN)C(=O)N/C(=C\CCNC(=N)N)C(=O)N[C@@H](CCCCN)C(=O)NCCCCN. The number of carbonyl (C=O) groups is 10. The van der Waals surface area contributed by atoms with E-state index in [4.69, 9.17) is 57.0 Å². The molecule has 31 N–H and O–H groups in total. The maximum absolute atomic E-state index is 14.2. The summed E-state index contributed by atoms with van der Waals surface area (Å²) < 4.78 is 0. The van der Waals surface area contributed by atoms with Gasteiger partial charge in [0.25, 0.3) is 5.91 Å². The number of carbonyl (C=O) groups excluding carboxylic acids is 10. The number of nitrogens with zero attached hydrogens (tertiary/aromatic N) is 1. The van der Waals surface area contributed by atoms with E-state index in [-0.39, 0.29) is 82.8 Å². The van der Waals surface area contributed by atoms with Gasteiger partial charge in [-0.25, -0.2) is 0 Å². The van der Waals surface area contributed by atoms with E-state index in [2.05, 4.69) is 53.2 Å². The topological polar surface area (TPSA) is 593 Å². The van der Waals surface area contributed by atoms with E-state index >= 15 is 0 Å². The second-order valence-electron chi connectivity index (χ2n) is 20.3. The number of rotatable bonds is 44. The Morgan fingerprint density at radius 2 is 1.11 bits per heavy atom. The molecule has 0 spiro atoms. The van der Waals surface area contributed by atoms with Gasteiger partial charge in [0.1, 0.15) is 48.0 Å². The van der Waals surface area contributed by atoms with Crippen molar-refractivity contribution in [2.45, 2.75) is 170 Å². The van der Waals surface area contributed by atoms with Crippen LogP contribution >= 0.6 is 0 Å². The molecular formula is C51H99N21O12. The summed E-state index contributed by atoms with van der Waals surface area (Å²) in [5.41, 5.74) is 50.6. The fourth-order valence-corrected chi connectivity index (χ4v) is 8.57. The first-order valence-electron chi connectivity index (χ1n) is 28.8. The molecule has 0 radical (unpaired) electrons. The molecule has 2 unspecified atom stereocenters. The van der Waals surface area contributed by atoms with Crippen LogP contribution in [0, 0.1) is 5.41 Å². The number of unbranched alkanes of at least 4 members (excludes halogenated alkanes) is 4. The lowest BCUT2D eigenvalue weighted by Crippen LogP contribution is -2.63. The lowest BCUT2D eigenvalue weighted by atomic mass is 10.1. The predicted octanol–water partition coefficient (Wildman–Crippen LogP) is -9.16. The van der Waals surface area contributed by atoms with Crippen LogP contribution in [-0.2, 0) is 47.9 Å². The van der Waals surface area contributed by atoms with Crippen LogP contribution in [-0.4, -0.2) is 213 Å². The monoisotopic (exact) mass is 1200 g/mol. The number of hydrogen-bond acceptors (Lipinski definition) is 21. The molecule has 480 valence electrons. The summed E-state index contributed by atoms with van der Waals surface area (Å²) >= 11 is 0. The minimum Gasteiger partial charge on any atom is -0.389 e. The minimum absolute atomic E-state index is 0.00169. The fourth-order valence-electron chi connectivity index (χ4n) is 8.57. The Bertz CT molecular complexity index is 2130. The van der Waals surface area contributed by atoms with Gasteiger partial charge in [0.15, 0.2) is 5.96 Å². The Labute approximate surface area is 490 Å². The van der Waals surface area contributed by atoms with Crippen LogP contribution in [0.5, 0.6) is 0 Å². The van der Waals surface area contributed by atoms with E-state index in [1.54, 1.807) is 0 Å². The highest BCUT2D eigenvalue weighted by Gasteiger charge is 2.40. The summed E-state index contributed by atoms with van der Waals surface area (Å²) in [6.07, 6.45) is 3.58. The molecule has 0 aromatic rings. The van der Waals surface area contributed by atoms with Gasteiger partial charge in [0.05, 0.1) is 24.8 Å². The Morgan fingerprint density at radius 3 is 1.68 bits per heavy atom. The molecule has 0 aliphatic carbocycles. The molecule has 1 rings (SSSR count). The van der Waals surface area contributed by atoms with Crippen LogP contribution in [0.3, 0.4) is 0 Å². The number of hydrogen-bond donors (Lipinski definition) is 22. The van der Waals surface area contributed by atoms with Crippen molar-refractivity contribution in [3.63, 3.8) is 0 Å². The van der Waals surface area contributed by atoms with E-state index < -0.39 is 139 Å². The molecule has 0 saturated carbocycles. The quantitative estimate of drug-likeness (QED) is 0.0117. The summed E-state index contributed by atoms with van der Waals surface area (Å²) in [7, 11) is 0. The van der Waals surface area contributed by atoms with Gasteiger partial charge in [-0.1, -0.05) is 12.5 Å². The molecule has 1 saturated heterocycles. The largest absolute Gasteiger partial charge is 0.389 e. The number of guanidine groups is 1. The molecule has 10 amide bonds. The Hall–Kier alpha value is -6.69. The third-order valence-electron chi connectivity index (χ3n) is 13.5. The Morgan fingerprint density at radius 1 is 0.571 bits per heavy atom. The summed E-state index contributed by atoms with van der Waals surface area (Å²) in [4.78, 5) is 137. The summed E-state index contributed by atoms with van der Waals surface area (Å²) in [5.74, 6) is -8.58. The molecule has 84 heavy (non-hydrogen) atoms. The number of aliphatic hydroxyl groups excluding tert-OH is 2. The number of likely N-dealkylation sites (tertiary alicyclic amines) is 1. The highest BCUT2D eigenvalue weighted by molar-refractivity contribution is 6.02. The van der Waals surface area contributed by atoms with Crippen molar-refractivity contribution in [1.29, 1.82) is 5.41 Å². The number of amides is 10. The van der Waals surface area contributed by atoms with E-state index in [1.165, 1.54) is 17.9 Å². The number of nitrogens with two attached hydrogens (primary N) is 9. The van der Waals surface area contributed by atoms with Crippen LogP contribution in [0.4, 0.5) is 0 Å². The normalized spacial score (nSPS) is 16.4. The van der Waals surface area contributed by atoms with Gasteiger partial charge >= 0.3 is 0 Å². The van der Waals surface area contributed by atoms with Crippen molar-refractivity contribution in [2.75, 3.05) is 72.0 Å². The molecule has 1 fully saturated rings. The lowest BCUT2D eigenvalue weighted by molar-refractivity contribution is -0.142. The summed E-state index contributed by atoms with van der Waals surface area (Å²) in [5, 5.41) is 53.9. The molecular weight excluding hydrogens is 1100 g/mol. The minimum atomic E-state index is -1.82. The van der Waals surface area contributed by atoms with Gasteiger partial charge in [-0.15, -0.1) is 0 Å². The van der Waals surface area contributed by atoms with E-state index in [1.807, 2.05) is 0 Å². The zero-order valence-electron chi connectivity index (χ0n) is 48.6. The second-order valence-corrected chi connectivity index (χ2v) is 20.3.